The highest BCUT2D eigenvalue weighted by atomic mass is 35.5. The molecule has 0 radical (unpaired) electrons. The van der Waals surface area contributed by atoms with E-state index in [2.05, 4.69) is 4.98 Å². The summed E-state index contributed by atoms with van der Waals surface area (Å²) in [6, 6.07) is 5.71. The van der Waals surface area contributed by atoms with Crippen molar-refractivity contribution in [3.63, 3.8) is 0 Å². The Morgan fingerprint density at radius 3 is 2.60 bits per heavy atom. The van der Waals surface area contributed by atoms with Crippen LogP contribution >= 0.6 is 11.6 Å². The Labute approximate surface area is 123 Å². The number of aromatic nitrogens is 2. The quantitative estimate of drug-likeness (QED) is 0.805. The van der Waals surface area contributed by atoms with Gasteiger partial charge in [0.25, 0.3) is 0 Å². The van der Waals surface area contributed by atoms with Gasteiger partial charge in [0.05, 0.1) is 10.7 Å². The summed E-state index contributed by atoms with van der Waals surface area (Å²) in [7, 11) is 1.87. The molecule has 0 spiro atoms. The molecule has 0 atom stereocenters. The molecule has 1 aliphatic carbocycles. The number of ketones is 1. The van der Waals surface area contributed by atoms with Crippen molar-refractivity contribution in [1.82, 2.24) is 9.55 Å². The Morgan fingerprint density at radius 2 is 2.05 bits per heavy atom. The Morgan fingerprint density at radius 1 is 1.35 bits per heavy atom. The van der Waals surface area contributed by atoms with Crippen LogP contribution in [-0.4, -0.2) is 15.3 Å². The summed E-state index contributed by atoms with van der Waals surface area (Å²) >= 11 is 6.29. The lowest BCUT2D eigenvalue weighted by molar-refractivity contribution is 0.102. The summed E-state index contributed by atoms with van der Waals surface area (Å²) in [6.07, 6.45) is 2.28. The molecule has 1 aliphatic rings. The molecule has 104 valence electrons. The minimum atomic E-state index is -0.0730. The average Bonchev–Trinajstić information content (AvgIpc) is 3.22. The van der Waals surface area contributed by atoms with E-state index in [1.54, 1.807) is 6.07 Å². The van der Waals surface area contributed by atoms with E-state index in [0.717, 1.165) is 29.8 Å². The van der Waals surface area contributed by atoms with Crippen molar-refractivity contribution in [3.05, 3.63) is 51.6 Å². The highest BCUT2D eigenvalue weighted by molar-refractivity contribution is 6.35. The first-order valence-corrected chi connectivity index (χ1v) is 7.21. The van der Waals surface area contributed by atoms with Gasteiger partial charge < -0.3 is 4.57 Å². The van der Waals surface area contributed by atoms with Gasteiger partial charge in [-0.15, -0.1) is 0 Å². The van der Waals surface area contributed by atoms with Crippen LogP contribution in [0, 0.1) is 13.8 Å². The van der Waals surface area contributed by atoms with E-state index in [1.165, 1.54) is 0 Å². The second-order valence-electron chi connectivity index (χ2n) is 5.47. The van der Waals surface area contributed by atoms with E-state index >= 15 is 0 Å². The largest absolute Gasteiger partial charge is 0.328 e. The third kappa shape index (κ3) is 2.06. The molecule has 20 heavy (non-hydrogen) atoms. The zero-order chi connectivity index (χ0) is 14.4. The maximum atomic E-state index is 12.8. The van der Waals surface area contributed by atoms with Crippen LogP contribution < -0.4 is 0 Å². The molecule has 1 aromatic heterocycles. The predicted molar refractivity (Wildman–Crippen MR) is 79.5 cm³/mol. The fourth-order valence-corrected chi connectivity index (χ4v) is 2.81. The molecule has 1 heterocycles. The number of carbonyl (C=O) groups is 1. The lowest BCUT2D eigenvalue weighted by Crippen LogP contribution is -2.12. The minimum absolute atomic E-state index is 0.0730. The molecule has 3 nitrogen and oxygen atoms in total. The van der Waals surface area contributed by atoms with Crippen molar-refractivity contribution in [2.24, 2.45) is 7.05 Å². The fourth-order valence-electron chi connectivity index (χ4n) is 2.55. The molecule has 0 saturated heterocycles. The van der Waals surface area contributed by atoms with E-state index in [0.29, 0.717) is 22.3 Å². The van der Waals surface area contributed by atoms with Crippen molar-refractivity contribution in [2.45, 2.75) is 32.6 Å². The van der Waals surface area contributed by atoms with Crippen molar-refractivity contribution in [3.8, 4) is 0 Å². The maximum Gasteiger partial charge on any atom is 0.230 e. The van der Waals surface area contributed by atoms with Gasteiger partial charge in [-0.3, -0.25) is 4.79 Å². The summed E-state index contributed by atoms with van der Waals surface area (Å²) in [6.45, 7) is 3.88. The smallest absolute Gasteiger partial charge is 0.230 e. The minimum Gasteiger partial charge on any atom is -0.328 e. The second kappa shape index (κ2) is 4.74. The summed E-state index contributed by atoms with van der Waals surface area (Å²) < 4.78 is 1.84. The predicted octanol–water partition coefficient (Wildman–Crippen LogP) is 3.80. The van der Waals surface area contributed by atoms with Crippen LogP contribution in [0.2, 0.25) is 5.02 Å². The van der Waals surface area contributed by atoms with Crippen molar-refractivity contribution in [1.29, 1.82) is 0 Å². The molecule has 1 aromatic carbocycles. The molecule has 0 amide bonds. The van der Waals surface area contributed by atoms with E-state index in [1.807, 2.05) is 37.6 Å². The Bertz CT molecular complexity index is 699. The van der Waals surface area contributed by atoms with Crippen LogP contribution in [0.1, 0.15) is 51.9 Å². The van der Waals surface area contributed by atoms with Crippen LogP contribution in [0.3, 0.4) is 0 Å². The molecule has 0 N–H and O–H groups in total. The number of carbonyl (C=O) groups excluding carboxylic acids is 1. The van der Waals surface area contributed by atoms with Gasteiger partial charge in [-0.05, 0) is 44.2 Å². The molecule has 3 rings (SSSR count). The second-order valence-corrected chi connectivity index (χ2v) is 5.88. The van der Waals surface area contributed by atoms with E-state index < -0.39 is 0 Å². The van der Waals surface area contributed by atoms with E-state index in [-0.39, 0.29) is 5.78 Å². The molecule has 0 aliphatic heterocycles. The molecule has 1 saturated carbocycles. The van der Waals surface area contributed by atoms with Gasteiger partial charge in [0, 0.05) is 18.3 Å². The van der Waals surface area contributed by atoms with Gasteiger partial charge >= 0.3 is 0 Å². The molecular weight excluding hydrogens is 272 g/mol. The number of hydrogen-bond acceptors (Lipinski definition) is 2. The number of imidazole rings is 1. The van der Waals surface area contributed by atoms with Crippen molar-refractivity contribution in [2.75, 3.05) is 0 Å². The number of benzene rings is 1. The van der Waals surface area contributed by atoms with Gasteiger partial charge in [0.15, 0.2) is 5.82 Å². The zero-order valence-electron chi connectivity index (χ0n) is 11.9. The Hall–Kier alpha value is -1.61. The van der Waals surface area contributed by atoms with Crippen LogP contribution in [0.5, 0.6) is 0 Å². The van der Waals surface area contributed by atoms with Crippen LogP contribution in [0.4, 0.5) is 0 Å². The lowest BCUT2D eigenvalue weighted by Gasteiger charge is -2.10. The zero-order valence-corrected chi connectivity index (χ0v) is 12.7. The normalized spacial score (nSPS) is 14.6. The fraction of sp³-hybridized carbons (Fsp3) is 0.375. The highest BCUT2D eigenvalue weighted by Gasteiger charge is 2.31. The van der Waals surface area contributed by atoms with Crippen LogP contribution in [0.25, 0.3) is 0 Å². The molecule has 4 heteroatoms. The van der Waals surface area contributed by atoms with E-state index in [9.17, 15) is 4.79 Å². The number of hydrogen-bond donors (Lipinski definition) is 0. The molecule has 0 unspecified atom stereocenters. The Balaban J connectivity index is 2.13. The third-order valence-corrected chi connectivity index (χ3v) is 4.43. The first kappa shape index (κ1) is 13.4. The molecule has 2 aromatic rings. The van der Waals surface area contributed by atoms with E-state index in [4.69, 9.17) is 11.6 Å². The number of halogens is 1. The Kier molecular flexibility index (Phi) is 3.17. The monoisotopic (exact) mass is 288 g/mol. The van der Waals surface area contributed by atoms with Crippen molar-refractivity contribution >= 4 is 17.4 Å². The van der Waals surface area contributed by atoms with Gasteiger partial charge in [0.2, 0.25) is 5.78 Å². The molecule has 1 fully saturated rings. The summed E-state index contributed by atoms with van der Waals surface area (Å²) in [5.41, 5.74) is 3.59. The topological polar surface area (TPSA) is 34.9 Å². The molecule has 0 bridgehead atoms. The van der Waals surface area contributed by atoms with Crippen molar-refractivity contribution < 1.29 is 4.79 Å². The van der Waals surface area contributed by atoms with Gasteiger partial charge in [-0.25, -0.2) is 4.98 Å². The van der Waals surface area contributed by atoms with Crippen LogP contribution in [-0.2, 0) is 7.05 Å². The lowest BCUT2D eigenvalue weighted by atomic mass is 9.99. The summed E-state index contributed by atoms with van der Waals surface area (Å²) in [4.78, 5) is 17.2. The first-order chi connectivity index (χ1) is 9.50. The number of aryl methyl sites for hydroxylation is 1. The van der Waals surface area contributed by atoms with Gasteiger partial charge in [0.1, 0.15) is 0 Å². The number of rotatable bonds is 3. The standard InChI is InChI=1S/C16H17ClN2O/c1-9-10(2)19(3)16(18-9)15(20)14-12(11-7-8-11)5-4-6-13(14)17/h4-6,11H,7-8H2,1-3H3. The van der Waals surface area contributed by atoms with Gasteiger partial charge in [-0.2, -0.15) is 0 Å². The highest BCUT2D eigenvalue weighted by Crippen LogP contribution is 2.43. The van der Waals surface area contributed by atoms with Gasteiger partial charge in [-0.1, -0.05) is 23.7 Å². The third-order valence-electron chi connectivity index (χ3n) is 4.11. The average molecular weight is 289 g/mol. The first-order valence-electron chi connectivity index (χ1n) is 6.83. The maximum absolute atomic E-state index is 12.8. The molecular formula is C16H17ClN2O. The number of nitrogens with zero attached hydrogens (tertiary/aromatic N) is 2. The summed E-state index contributed by atoms with van der Waals surface area (Å²) in [5, 5.41) is 0.526. The van der Waals surface area contributed by atoms with Crippen LogP contribution in [0.15, 0.2) is 18.2 Å². The SMILES string of the molecule is Cc1nc(C(=O)c2c(Cl)cccc2C2CC2)n(C)c1C. The summed E-state index contributed by atoms with van der Waals surface area (Å²) in [5.74, 6) is 0.876.